The highest BCUT2D eigenvalue weighted by Gasteiger charge is 2.35. The third kappa shape index (κ3) is 8.72. The van der Waals surface area contributed by atoms with Crippen molar-refractivity contribution in [3.8, 4) is 5.75 Å². The molecule has 0 fully saturated rings. The molecule has 0 aromatic heterocycles. The number of carbonyl (C=O) groups is 2. The van der Waals surface area contributed by atoms with Crippen LogP contribution in [0.1, 0.15) is 37.5 Å². The van der Waals surface area contributed by atoms with Crippen molar-refractivity contribution >= 4 is 27.5 Å². The lowest BCUT2D eigenvalue weighted by molar-refractivity contribution is -0.140. The first-order chi connectivity index (χ1) is 22.0. The molecule has 1 atom stereocenters. The monoisotopic (exact) mass is 645 g/mol. The van der Waals surface area contributed by atoms with Crippen LogP contribution >= 0.6 is 0 Å². The summed E-state index contributed by atoms with van der Waals surface area (Å²) in [5.41, 5.74) is 2.67. The molecular weight excluding hydrogens is 605 g/mol. The lowest BCUT2D eigenvalue weighted by atomic mass is 10.0. The molecule has 0 spiro atoms. The number of anilines is 1. The number of carbonyl (C=O) groups excluding carboxylic acids is 2. The second kappa shape index (κ2) is 15.5. The van der Waals surface area contributed by atoms with Crippen LogP contribution in [-0.2, 0) is 32.6 Å². The Kier molecular flexibility index (Phi) is 11.5. The Bertz CT molecular complexity index is 1710. The van der Waals surface area contributed by atoms with Crippen molar-refractivity contribution in [3.63, 3.8) is 0 Å². The zero-order valence-corrected chi connectivity index (χ0v) is 27.3. The molecule has 0 aliphatic carbocycles. The van der Waals surface area contributed by atoms with E-state index in [-0.39, 0.29) is 35.5 Å². The number of nitrogens with one attached hydrogen (secondary N) is 1. The predicted octanol–water partition coefficient (Wildman–Crippen LogP) is 5.89. The lowest BCUT2D eigenvalue weighted by Crippen LogP contribution is -2.54. The fourth-order valence-electron chi connectivity index (χ4n) is 5.04. The summed E-state index contributed by atoms with van der Waals surface area (Å²) in [6.45, 7) is 7.26. The van der Waals surface area contributed by atoms with Crippen LogP contribution in [0.2, 0.25) is 0 Å². The number of rotatable bonds is 14. The van der Waals surface area contributed by atoms with E-state index in [0.29, 0.717) is 12.4 Å². The molecule has 0 heterocycles. The molecule has 0 aliphatic rings. The number of sulfonamides is 1. The summed E-state index contributed by atoms with van der Waals surface area (Å²) in [5.74, 6) is -1.01. The van der Waals surface area contributed by atoms with Crippen molar-refractivity contribution in [3.05, 3.63) is 126 Å². The third-order valence-corrected chi connectivity index (χ3v) is 9.21. The van der Waals surface area contributed by atoms with E-state index in [4.69, 9.17) is 4.74 Å². The first-order valence-corrected chi connectivity index (χ1v) is 16.6. The van der Waals surface area contributed by atoms with Gasteiger partial charge in [-0.1, -0.05) is 54.6 Å². The second-order valence-electron chi connectivity index (χ2n) is 11.2. The Balaban J connectivity index is 1.80. The van der Waals surface area contributed by atoms with Crippen LogP contribution in [0.4, 0.5) is 10.1 Å². The third-order valence-electron chi connectivity index (χ3n) is 7.42. The summed E-state index contributed by atoms with van der Waals surface area (Å²) >= 11 is 0. The quantitative estimate of drug-likeness (QED) is 0.185. The van der Waals surface area contributed by atoms with Crippen molar-refractivity contribution in [1.29, 1.82) is 0 Å². The van der Waals surface area contributed by atoms with E-state index in [2.05, 4.69) is 5.32 Å². The van der Waals surface area contributed by atoms with Crippen LogP contribution in [-0.4, -0.2) is 50.4 Å². The fourth-order valence-corrected chi connectivity index (χ4v) is 6.46. The summed E-state index contributed by atoms with van der Waals surface area (Å²) in [4.78, 5) is 29.6. The molecule has 10 heteroatoms. The highest BCUT2D eigenvalue weighted by Crippen LogP contribution is 2.27. The van der Waals surface area contributed by atoms with Gasteiger partial charge in [0.05, 0.1) is 17.2 Å². The Morgan fingerprint density at radius 1 is 0.870 bits per heavy atom. The maximum Gasteiger partial charge on any atom is 0.264 e. The SMILES string of the molecule is CCOc1ccc(S(=O)(=O)N(CC(=O)N(Cc2ccccc2C)C(Cc2ccccc2)C(=O)NC(C)C)c2ccc(F)cc2)cc1. The molecule has 4 rings (SSSR count). The molecule has 0 aliphatic heterocycles. The first-order valence-electron chi connectivity index (χ1n) is 15.2. The van der Waals surface area contributed by atoms with E-state index >= 15 is 0 Å². The largest absolute Gasteiger partial charge is 0.494 e. The Morgan fingerprint density at radius 2 is 1.50 bits per heavy atom. The first kappa shape index (κ1) is 34.2. The van der Waals surface area contributed by atoms with Crippen LogP contribution in [0.25, 0.3) is 0 Å². The van der Waals surface area contributed by atoms with Gasteiger partial charge in [-0.3, -0.25) is 13.9 Å². The molecule has 4 aromatic carbocycles. The summed E-state index contributed by atoms with van der Waals surface area (Å²) in [7, 11) is -4.32. The Hall–Kier alpha value is -4.70. The molecule has 0 saturated carbocycles. The van der Waals surface area contributed by atoms with E-state index < -0.39 is 34.3 Å². The van der Waals surface area contributed by atoms with Gasteiger partial charge in [0.25, 0.3) is 10.0 Å². The zero-order valence-electron chi connectivity index (χ0n) is 26.5. The molecule has 242 valence electrons. The molecule has 1 N–H and O–H groups in total. The highest BCUT2D eigenvalue weighted by atomic mass is 32.2. The molecular formula is C36H40FN3O5S. The predicted molar refractivity (Wildman–Crippen MR) is 177 cm³/mol. The smallest absolute Gasteiger partial charge is 0.264 e. The van der Waals surface area contributed by atoms with Crippen molar-refractivity contribution in [2.75, 3.05) is 17.5 Å². The maximum atomic E-state index is 14.5. The average Bonchev–Trinajstić information content (AvgIpc) is 3.03. The minimum atomic E-state index is -4.32. The van der Waals surface area contributed by atoms with Gasteiger partial charge in [-0.05, 0) is 92.9 Å². The maximum absolute atomic E-state index is 14.5. The molecule has 1 unspecified atom stereocenters. The molecule has 2 amide bonds. The normalized spacial score (nSPS) is 12.0. The zero-order chi connectivity index (χ0) is 33.3. The number of amides is 2. The van der Waals surface area contributed by atoms with E-state index in [9.17, 15) is 22.4 Å². The van der Waals surface area contributed by atoms with Crippen LogP contribution in [0.15, 0.2) is 108 Å². The van der Waals surface area contributed by atoms with Crippen molar-refractivity contribution < 1.29 is 27.1 Å². The molecule has 46 heavy (non-hydrogen) atoms. The number of nitrogens with zero attached hydrogens (tertiary/aromatic N) is 2. The number of hydrogen-bond donors (Lipinski definition) is 1. The molecule has 8 nitrogen and oxygen atoms in total. The summed E-state index contributed by atoms with van der Waals surface area (Å²) in [5, 5.41) is 2.94. The van der Waals surface area contributed by atoms with Gasteiger partial charge in [-0.25, -0.2) is 12.8 Å². The van der Waals surface area contributed by atoms with Gasteiger partial charge in [0, 0.05) is 19.0 Å². The van der Waals surface area contributed by atoms with Gasteiger partial charge in [0.1, 0.15) is 24.2 Å². The number of aryl methyl sites for hydroxylation is 1. The number of benzene rings is 4. The van der Waals surface area contributed by atoms with Crippen LogP contribution in [0, 0.1) is 12.7 Å². The van der Waals surface area contributed by atoms with Gasteiger partial charge < -0.3 is 15.0 Å². The van der Waals surface area contributed by atoms with E-state index in [1.807, 2.05) is 82.3 Å². The van der Waals surface area contributed by atoms with Crippen LogP contribution in [0.5, 0.6) is 5.75 Å². The number of ether oxygens (including phenoxy) is 1. The van der Waals surface area contributed by atoms with Gasteiger partial charge in [0.15, 0.2) is 0 Å². The second-order valence-corrected chi connectivity index (χ2v) is 13.1. The molecule has 0 radical (unpaired) electrons. The number of hydrogen-bond acceptors (Lipinski definition) is 5. The molecule has 0 bridgehead atoms. The van der Waals surface area contributed by atoms with Crippen LogP contribution in [0.3, 0.4) is 0 Å². The topological polar surface area (TPSA) is 96.0 Å². The van der Waals surface area contributed by atoms with Gasteiger partial charge in [-0.15, -0.1) is 0 Å². The summed E-state index contributed by atoms with van der Waals surface area (Å²) < 4.78 is 48.7. The minimum absolute atomic E-state index is 0.0644. The van der Waals surface area contributed by atoms with E-state index in [1.165, 1.54) is 41.3 Å². The molecule has 0 saturated heterocycles. The lowest BCUT2D eigenvalue weighted by Gasteiger charge is -2.34. The summed E-state index contributed by atoms with van der Waals surface area (Å²) in [6.07, 6.45) is 0.208. The van der Waals surface area contributed by atoms with Crippen LogP contribution < -0.4 is 14.4 Å². The molecule has 4 aromatic rings. The van der Waals surface area contributed by atoms with Crippen molar-refractivity contribution in [1.82, 2.24) is 10.2 Å². The van der Waals surface area contributed by atoms with Gasteiger partial charge >= 0.3 is 0 Å². The van der Waals surface area contributed by atoms with Crippen molar-refractivity contribution in [2.45, 2.75) is 57.6 Å². The Morgan fingerprint density at radius 3 is 2.11 bits per heavy atom. The summed E-state index contributed by atoms with van der Waals surface area (Å²) in [6, 6.07) is 26.5. The van der Waals surface area contributed by atoms with E-state index in [1.54, 1.807) is 0 Å². The Labute approximate surface area is 270 Å². The average molecular weight is 646 g/mol. The van der Waals surface area contributed by atoms with Crippen molar-refractivity contribution in [2.24, 2.45) is 0 Å². The number of halogens is 1. The minimum Gasteiger partial charge on any atom is -0.494 e. The highest BCUT2D eigenvalue weighted by molar-refractivity contribution is 7.92. The fraction of sp³-hybridized carbons (Fsp3) is 0.278. The van der Waals surface area contributed by atoms with Gasteiger partial charge in [-0.2, -0.15) is 0 Å². The van der Waals surface area contributed by atoms with E-state index in [0.717, 1.165) is 33.1 Å². The standard InChI is InChI=1S/C36H40FN3O5S/c1-5-45-32-19-21-33(22-20-32)46(43,44)40(31-17-15-30(37)16-18-31)25-35(41)39(24-29-14-10-9-11-27(29)4)34(36(42)38-26(2)3)23-28-12-7-6-8-13-28/h6-22,26,34H,5,23-25H2,1-4H3,(H,38,42). The van der Waals surface area contributed by atoms with Gasteiger partial charge in [0.2, 0.25) is 11.8 Å².